The zero-order valence-electron chi connectivity index (χ0n) is 37.3. The third-order valence-electron chi connectivity index (χ3n) is 9.31. The molecule has 14 heteroatoms. The molecule has 0 saturated heterocycles. The highest BCUT2D eigenvalue weighted by Gasteiger charge is 2.51. The summed E-state index contributed by atoms with van der Waals surface area (Å²) < 4.78 is 33.4. The summed E-state index contributed by atoms with van der Waals surface area (Å²) >= 11 is 0. The van der Waals surface area contributed by atoms with E-state index in [9.17, 15) is 44.6 Å². The molecular formula is C49H75O13P. The predicted molar refractivity (Wildman–Crippen MR) is 248 cm³/mol. The molecule has 0 spiro atoms. The number of hydrogen-bond acceptors (Lipinski definition) is 12. The van der Waals surface area contributed by atoms with Crippen LogP contribution in [0.25, 0.3) is 0 Å². The normalized spacial score (nSPS) is 22.9. The molecule has 0 aromatic rings. The van der Waals surface area contributed by atoms with Crippen molar-refractivity contribution in [3.05, 3.63) is 122 Å². The lowest BCUT2D eigenvalue weighted by Crippen LogP contribution is -2.64. The van der Waals surface area contributed by atoms with E-state index in [4.69, 9.17) is 18.5 Å². The molecule has 0 aliphatic heterocycles. The van der Waals surface area contributed by atoms with Gasteiger partial charge in [0.05, 0.1) is 6.61 Å². The molecule has 1 aliphatic carbocycles. The number of rotatable bonds is 34. The van der Waals surface area contributed by atoms with Crippen LogP contribution in [0.3, 0.4) is 0 Å². The molecule has 0 heterocycles. The van der Waals surface area contributed by atoms with Crippen molar-refractivity contribution in [2.75, 3.05) is 13.2 Å². The molecule has 6 unspecified atom stereocenters. The number of esters is 2. The topological polar surface area (TPSA) is 210 Å². The number of unbranched alkanes of at least 4 members (excludes halogenated alkanes) is 2. The van der Waals surface area contributed by atoms with E-state index in [1.807, 2.05) is 18.2 Å². The van der Waals surface area contributed by atoms with Crippen LogP contribution in [-0.2, 0) is 32.7 Å². The first-order valence-electron chi connectivity index (χ1n) is 22.3. The van der Waals surface area contributed by atoms with E-state index >= 15 is 0 Å². The Bertz CT molecular complexity index is 1560. The maximum absolute atomic E-state index is 12.8. The van der Waals surface area contributed by atoms with Gasteiger partial charge in [-0.05, 0) is 89.9 Å². The Morgan fingerprint density at radius 1 is 0.492 bits per heavy atom. The van der Waals surface area contributed by atoms with Crippen LogP contribution in [0.2, 0.25) is 0 Å². The first-order chi connectivity index (χ1) is 30.4. The molecule has 13 nitrogen and oxygen atoms in total. The average Bonchev–Trinajstić information content (AvgIpc) is 3.26. The molecule has 63 heavy (non-hydrogen) atoms. The van der Waals surface area contributed by atoms with E-state index in [1.165, 1.54) is 0 Å². The van der Waals surface area contributed by atoms with E-state index in [-0.39, 0.29) is 12.8 Å². The standard InChI is InChI=1S/C49H75O13P/c1-3-5-7-9-11-13-15-17-19-20-21-22-24-26-28-30-32-34-36-38-43(51)61-41(40-60-63(57,58)62-49-47(55)45(53)44(52)46(54)48(49)56)39-59-42(50)37-35-33-31-29-27-25-23-18-16-14-12-10-8-6-4-2/h5-8,11-14,17-19,21-23,26-29,32,34,41,44-49,52-56H,3-4,9-10,15-16,20,24-25,30-31,33,35-40H2,1-2H3,(H,57,58)/b7-5+,8-6+,13-11+,14-12+,19-17+,22-21+,23-18+,28-26+,29-27+,34-32+/t41-,44?,45-,46?,47?,48?,49?/m1/s1. The fraction of sp³-hybridized carbons (Fsp3) is 0.551. The van der Waals surface area contributed by atoms with Crippen molar-refractivity contribution in [2.45, 2.75) is 159 Å². The van der Waals surface area contributed by atoms with Gasteiger partial charge in [0.15, 0.2) is 6.10 Å². The lowest BCUT2D eigenvalue weighted by atomic mass is 9.85. The molecular weight excluding hydrogens is 828 g/mol. The Hall–Kier alpha value is -3.75. The van der Waals surface area contributed by atoms with Crippen LogP contribution in [0.1, 0.15) is 117 Å². The predicted octanol–water partition coefficient (Wildman–Crippen LogP) is 8.61. The number of carbonyl (C=O) groups excluding carboxylic acids is 2. The van der Waals surface area contributed by atoms with Gasteiger partial charge in [-0.3, -0.25) is 18.6 Å². The van der Waals surface area contributed by atoms with Crippen molar-refractivity contribution < 1.29 is 63.1 Å². The smallest absolute Gasteiger partial charge is 0.462 e. The molecule has 0 aromatic heterocycles. The van der Waals surface area contributed by atoms with Gasteiger partial charge >= 0.3 is 19.8 Å². The van der Waals surface area contributed by atoms with Crippen molar-refractivity contribution in [1.29, 1.82) is 0 Å². The van der Waals surface area contributed by atoms with Crippen LogP contribution < -0.4 is 0 Å². The largest absolute Gasteiger partial charge is 0.472 e. The molecule has 0 aromatic carbocycles. The molecule has 0 bridgehead atoms. The third-order valence-corrected chi connectivity index (χ3v) is 10.3. The summed E-state index contributed by atoms with van der Waals surface area (Å²) in [5.74, 6) is -1.26. The SMILES string of the molecule is CC/C=C/C/C=C/C/C=C/C/C=C/C/C=C/C/C=C/CCC(=O)O[C@H](COC(=O)CCCC/C=C/C/C=C/C/C=C/C/C=C/CC)COP(=O)(O)OC1C(O)C(O)C(O)[C@@H](O)C1O. The summed E-state index contributed by atoms with van der Waals surface area (Å²) in [6.45, 7) is 2.94. The Balaban J connectivity index is 2.58. The zero-order chi connectivity index (χ0) is 46.4. The van der Waals surface area contributed by atoms with Crippen LogP contribution in [0.4, 0.5) is 0 Å². The molecule has 1 fully saturated rings. The number of ether oxygens (including phenoxy) is 2. The van der Waals surface area contributed by atoms with E-state index in [1.54, 1.807) is 0 Å². The summed E-state index contributed by atoms with van der Waals surface area (Å²) in [6, 6.07) is 0. The zero-order valence-corrected chi connectivity index (χ0v) is 38.2. The van der Waals surface area contributed by atoms with Crippen molar-refractivity contribution >= 4 is 19.8 Å². The van der Waals surface area contributed by atoms with Gasteiger partial charge in [0, 0.05) is 12.8 Å². The summed E-state index contributed by atoms with van der Waals surface area (Å²) in [6.07, 6.45) is 39.9. The van der Waals surface area contributed by atoms with Crippen LogP contribution in [-0.4, -0.2) is 98.3 Å². The van der Waals surface area contributed by atoms with Crippen LogP contribution in [0.5, 0.6) is 0 Å². The van der Waals surface area contributed by atoms with Crippen LogP contribution >= 0.6 is 7.82 Å². The van der Waals surface area contributed by atoms with Crippen molar-refractivity contribution in [3.8, 4) is 0 Å². The van der Waals surface area contributed by atoms with Crippen LogP contribution in [0, 0.1) is 0 Å². The minimum atomic E-state index is -5.16. The summed E-state index contributed by atoms with van der Waals surface area (Å²) in [7, 11) is -5.16. The van der Waals surface area contributed by atoms with Gasteiger partial charge in [-0.1, -0.05) is 135 Å². The third kappa shape index (κ3) is 30.1. The lowest BCUT2D eigenvalue weighted by molar-refractivity contribution is -0.220. The Morgan fingerprint density at radius 2 is 0.873 bits per heavy atom. The summed E-state index contributed by atoms with van der Waals surface area (Å²) in [5.41, 5.74) is 0. The highest BCUT2D eigenvalue weighted by molar-refractivity contribution is 7.47. The van der Waals surface area contributed by atoms with E-state index < -0.39 is 75.7 Å². The lowest BCUT2D eigenvalue weighted by Gasteiger charge is -2.41. The number of carbonyl (C=O) groups is 2. The van der Waals surface area contributed by atoms with Gasteiger partial charge in [-0.25, -0.2) is 4.57 Å². The Kier molecular flexibility index (Phi) is 34.2. The summed E-state index contributed by atoms with van der Waals surface area (Å²) in [4.78, 5) is 35.6. The minimum absolute atomic E-state index is 0.0459. The maximum Gasteiger partial charge on any atom is 0.472 e. The first kappa shape index (κ1) is 57.3. The number of aliphatic hydroxyl groups excluding tert-OH is 5. The van der Waals surface area contributed by atoms with Gasteiger partial charge in [-0.15, -0.1) is 0 Å². The van der Waals surface area contributed by atoms with Gasteiger partial charge < -0.3 is 39.9 Å². The van der Waals surface area contributed by atoms with Gasteiger partial charge in [-0.2, -0.15) is 0 Å². The number of aliphatic hydroxyl groups is 5. The fourth-order valence-electron chi connectivity index (χ4n) is 5.77. The van der Waals surface area contributed by atoms with Crippen molar-refractivity contribution in [1.82, 2.24) is 0 Å². The highest BCUT2D eigenvalue weighted by Crippen LogP contribution is 2.47. The van der Waals surface area contributed by atoms with E-state index in [2.05, 4.69) is 117 Å². The molecule has 0 amide bonds. The number of phosphoric ester groups is 1. The fourth-order valence-corrected chi connectivity index (χ4v) is 6.74. The Morgan fingerprint density at radius 3 is 1.30 bits per heavy atom. The van der Waals surface area contributed by atoms with Crippen molar-refractivity contribution in [3.63, 3.8) is 0 Å². The molecule has 1 aliphatic rings. The quantitative estimate of drug-likeness (QED) is 0.0155. The maximum atomic E-state index is 12.8. The van der Waals surface area contributed by atoms with E-state index in [0.717, 1.165) is 70.6 Å². The molecule has 0 radical (unpaired) electrons. The van der Waals surface area contributed by atoms with Crippen molar-refractivity contribution in [2.24, 2.45) is 0 Å². The molecule has 6 N–H and O–H groups in total. The molecule has 8 atom stereocenters. The Labute approximate surface area is 375 Å². The van der Waals surface area contributed by atoms with Crippen LogP contribution in [0.15, 0.2) is 122 Å². The number of phosphoric acid groups is 1. The number of allylic oxidation sites excluding steroid dienone is 20. The van der Waals surface area contributed by atoms with Gasteiger partial charge in [0.25, 0.3) is 0 Å². The highest BCUT2D eigenvalue weighted by atomic mass is 31.2. The monoisotopic (exact) mass is 902 g/mol. The summed E-state index contributed by atoms with van der Waals surface area (Å²) in [5, 5.41) is 50.1. The van der Waals surface area contributed by atoms with Gasteiger partial charge in [0.2, 0.25) is 0 Å². The molecule has 354 valence electrons. The second-order valence-electron chi connectivity index (χ2n) is 14.8. The minimum Gasteiger partial charge on any atom is -0.462 e. The second kappa shape index (κ2) is 37.6. The van der Waals surface area contributed by atoms with E-state index in [0.29, 0.717) is 19.3 Å². The molecule has 1 saturated carbocycles. The second-order valence-corrected chi connectivity index (χ2v) is 16.2. The average molecular weight is 903 g/mol. The van der Waals surface area contributed by atoms with Gasteiger partial charge in [0.1, 0.15) is 43.2 Å². The number of hydrogen-bond donors (Lipinski definition) is 6. The molecule has 1 rings (SSSR count). The first-order valence-corrected chi connectivity index (χ1v) is 23.8.